The molecule has 0 fully saturated rings. The number of rotatable bonds is 6. The minimum Gasteiger partial charge on any atom is -0.349 e. The van der Waals surface area contributed by atoms with E-state index < -0.39 is 0 Å². The van der Waals surface area contributed by atoms with E-state index in [2.05, 4.69) is 79.9 Å². The van der Waals surface area contributed by atoms with E-state index in [0.29, 0.717) is 4.32 Å². The van der Waals surface area contributed by atoms with Crippen LogP contribution in [-0.2, 0) is 25.9 Å². The average molecular weight is 330 g/mol. The number of hydrogen-bond acceptors (Lipinski definition) is 1. The molecule has 0 radical (unpaired) electrons. The highest BCUT2D eigenvalue weighted by atomic mass is 32.1. The standard InChI is InChI=1S/C19H23NS2/c1-3-15-9-5-7-11-17(15)13-20(19(21)22)14-18-12-8-6-10-16(18)4-2/h5-12H,3-4,13-14H2,1-2H3,(H,21,22). The fraction of sp³-hybridized carbons (Fsp3) is 0.316. The second-order valence-corrected chi connectivity index (χ2v) is 6.50. The molecule has 0 aliphatic rings. The first kappa shape index (κ1) is 17.0. The summed E-state index contributed by atoms with van der Waals surface area (Å²) in [6.07, 6.45) is 2.07. The summed E-state index contributed by atoms with van der Waals surface area (Å²) in [5.74, 6) is 0. The third-order valence-electron chi connectivity index (χ3n) is 3.99. The van der Waals surface area contributed by atoms with Crippen molar-refractivity contribution in [3.05, 3.63) is 70.8 Å². The van der Waals surface area contributed by atoms with Crippen LogP contribution >= 0.6 is 24.8 Å². The van der Waals surface area contributed by atoms with Crippen molar-refractivity contribution in [1.29, 1.82) is 0 Å². The summed E-state index contributed by atoms with van der Waals surface area (Å²) in [7, 11) is 0. The minimum atomic E-state index is 0.650. The van der Waals surface area contributed by atoms with Gasteiger partial charge in [0.05, 0.1) is 0 Å². The van der Waals surface area contributed by atoms with Crippen LogP contribution in [0.25, 0.3) is 0 Å². The molecule has 0 heterocycles. The Balaban J connectivity index is 2.22. The van der Waals surface area contributed by atoms with Crippen LogP contribution in [0.1, 0.15) is 36.1 Å². The Morgan fingerprint density at radius 1 is 0.818 bits per heavy atom. The van der Waals surface area contributed by atoms with E-state index in [1.54, 1.807) is 0 Å². The highest BCUT2D eigenvalue weighted by Crippen LogP contribution is 2.18. The highest BCUT2D eigenvalue weighted by Gasteiger charge is 2.12. The van der Waals surface area contributed by atoms with Gasteiger partial charge in [-0.05, 0) is 35.1 Å². The van der Waals surface area contributed by atoms with Crippen molar-refractivity contribution in [2.45, 2.75) is 39.8 Å². The first-order valence-corrected chi connectivity index (χ1v) is 8.62. The molecule has 0 aromatic heterocycles. The van der Waals surface area contributed by atoms with Crippen LogP contribution in [0, 0.1) is 0 Å². The first-order chi connectivity index (χ1) is 10.7. The van der Waals surface area contributed by atoms with E-state index in [1.807, 2.05) is 0 Å². The molecule has 0 N–H and O–H groups in total. The highest BCUT2D eigenvalue weighted by molar-refractivity contribution is 8.10. The number of thiocarbonyl (C=S) groups is 1. The number of aryl methyl sites for hydroxylation is 2. The zero-order valence-electron chi connectivity index (χ0n) is 13.2. The van der Waals surface area contributed by atoms with Gasteiger partial charge in [-0.1, -0.05) is 74.6 Å². The molecular formula is C19H23NS2. The molecule has 0 saturated heterocycles. The van der Waals surface area contributed by atoms with E-state index in [1.165, 1.54) is 22.3 Å². The van der Waals surface area contributed by atoms with Gasteiger partial charge in [0, 0.05) is 13.1 Å². The van der Waals surface area contributed by atoms with Crippen molar-refractivity contribution in [3.63, 3.8) is 0 Å². The van der Waals surface area contributed by atoms with Crippen molar-refractivity contribution < 1.29 is 0 Å². The maximum Gasteiger partial charge on any atom is 0.133 e. The van der Waals surface area contributed by atoms with Crippen LogP contribution in [0.5, 0.6) is 0 Å². The molecule has 0 aliphatic carbocycles. The van der Waals surface area contributed by atoms with Crippen LogP contribution in [-0.4, -0.2) is 9.22 Å². The molecule has 0 bridgehead atoms. The molecule has 0 amide bonds. The van der Waals surface area contributed by atoms with Crippen LogP contribution in [0.15, 0.2) is 48.5 Å². The Bertz CT molecular complexity index is 587. The Morgan fingerprint density at radius 2 is 1.18 bits per heavy atom. The van der Waals surface area contributed by atoms with Crippen molar-refractivity contribution in [2.24, 2.45) is 0 Å². The lowest BCUT2D eigenvalue weighted by Crippen LogP contribution is -2.26. The zero-order valence-corrected chi connectivity index (χ0v) is 15.0. The molecule has 0 unspecified atom stereocenters. The first-order valence-electron chi connectivity index (χ1n) is 7.77. The van der Waals surface area contributed by atoms with Crippen LogP contribution in [0.3, 0.4) is 0 Å². The topological polar surface area (TPSA) is 3.24 Å². The second kappa shape index (κ2) is 8.35. The fourth-order valence-electron chi connectivity index (χ4n) is 2.72. The largest absolute Gasteiger partial charge is 0.349 e. The molecular weight excluding hydrogens is 306 g/mol. The average Bonchev–Trinajstić information content (AvgIpc) is 2.55. The Hall–Kier alpha value is -1.32. The summed E-state index contributed by atoms with van der Waals surface area (Å²) in [5.41, 5.74) is 5.41. The van der Waals surface area contributed by atoms with Crippen LogP contribution in [0.2, 0.25) is 0 Å². The van der Waals surface area contributed by atoms with Gasteiger partial charge in [0.1, 0.15) is 4.32 Å². The summed E-state index contributed by atoms with van der Waals surface area (Å²) in [4.78, 5) is 2.17. The summed E-state index contributed by atoms with van der Waals surface area (Å²) in [6.45, 7) is 6.00. The molecule has 0 saturated carbocycles. The quantitative estimate of drug-likeness (QED) is 0.585. The molecule has 0 aliphatic heterocycles. The van der Waals surface area contributed by atoms with E-state index in [9.17, 15) is 0 Å². The van der Waals surface area contributed by atoms with Crippen LogP contribution in [0.4, 0.5) is 0 Å². The third-order valence-corrected chi connectivity index (χ3v) is 4.53. The summed E-state index contributed by atoms with van der Waals surface area (Å²) >= 11 is 9.80. The minimum absolute atomic E-state index is 0.650. The van der Waals surface area contributed by atoms with Crippen molar-refractivity contribution >= 4 is 29.2 Å². The lowest BCUT2D eigenvalue weighted by molar-refractivity contribution is 0.418. The van der Waals surface area contributed by atoms with Gasteiger partial charge in [0.15, 0.2) is 0 Å². The van der Waals surface area contributed by atoms with E-state index in [4.69, 9.17) is 12.2 Å². The molecule has 2 aromatic carbocycles. The predicted molar refractivity (Wildman–Crippen MR) is 102 cm³/mol. The second-order valence-electron chi connectivity index (χ2n) is 5.38. The van der Waals surface area contributed by atoms with Gasteiger partial charge in [-0.3, -0.25) is 0 Å². The lowest BCUT2D eigenvalue weighted by atomic mass is 10.0. The van der Waals surface area contributed by atoms with Crippen molar-refractivity contribution in [3.8, 4) is 0 Å². The molecule has 0 atom stereocenters. The molecule has 0 spiro atoms. The number of thiol groups is 1. The lowest BCUT2D eigenvalue weighted by Gasteiger charge is -2.25. The molecule has 1 nitrogen and oxygen atoms in total. The summed E-state index contributed by atoms with van der Waals surface area (Å²) in [6, 6.07) is 17.1. The maximum atomic E-state index is 5.36. The zero-order chi connectivity index (χ0) is 15.9. The third kappa shape index (κ3) is 4.34. The Labute approximate surface area is 144 Å². The molecule has 116 valence electrons. The fourth-order valence-corrected chi connectivity index (χ4v) is 2.99. The molecule has 3 heteroatoms. The van der Waals surface area contributed by atoms with E-state index in [-0.39, 0.29) is 0 Å². The van der Waals surface area contributed by atoms with E-state index in [0.717, 1.165) is 25.9 Å². The maximum absolute atomic E-state index is 5.36. The van der Waals surface area contributed by atoms with Gasteiger partial charge < -0.3 is 4.90 Å². The number of nitrogens with zero attached hydrogens (tertiary/aromatic N) is 1. The number of hydrogen-bond donors (Lipinski definition) is 1. The molecule has 2 rings (SSSR count). The predicted octanol–water partition coefficient (Wildman–Crippen LogP) is 5.03. The van der Waals surface area contributed by atoms with Gasteiger partial charge in [0.25, 0.3) is 0 Å². The normalized spacial score (nSPS) is 10.5. The molecule has 22 heavy (non-hydrogen) atoms. The summed E-state index contributed by atoms with van der Waals surface area (Å²) < 4.78 is 0.650. The van der Waals surface area contributed by atoms with Crippen molar-refractivity contribution in [2.75, 3.05) is 0 Å². The van der Waals surface area contributed by atoms with Crippen molar-refractivity contribution in [1.82, 2.24) is 4.90 Å². The Morgan fingerprint density at radius 3 is 1.50 bits per heavy atom. The monoisotopic (exact) mass is 329 g/mol. The van der Waals surface area contributed by atoms with Crippen LogP contribution < -0.4 is 0 Å². The van der Waals surface area contributed by atoms with Gasteiger partial charge in [-0.2, -0.15) is 0 Å². The van der Waals surface area contributed by atoms with Gasteiger partial charge >= 0.3 is 0 Å². The van der Waals surface area contributed by atoms with Gasteiger partial charge in [0.2, 0.25) is 0 Å². The summed E-state index contributed by atoms with van der Waals surface area (Å²) in [5, 5.41) is 0. The molecule has 2 aromatic rings. The smallest absolute Gasteiger partial charge is 0.133 e. The van der Waals surface area contributed by atoms with Gasteiger partial charge in [-0.15, -0.1) is 12.6 Å². The number of benzene rings is 2. The Kier molecular flexibility index (Phi) is 6.47. The van der Waals surface area contributed by atoms with E-state index >= 15 is 0 Å². The van der Waals surface area contributed by atoms with Gasteiger partial charge in [-0.25, -0.2) is 0 Å². The SMILES string of the molecule is CCc1ccccc1CN(Cc1ccccc1CC)C(=S)S.